The molecule has 0 spiro atoms. The lowest BCUT2D eigenvalue weighted by molar-refractivity contribution is -0.137. The molecule has 0 atom stereocenters. The van der Waals surface area contributed by atoms with Crippen molar-refractivity contribution in [3.8, 4) is 11.5 Å². The van der Waals surface area contributed by atoms with Crippen molar-refractivity contribution in [1.82, 2.24) is 0 Å². The first-order valence-corrected chi connectivity index (χ1v) is 6.00. The topological polar surface area (TPSA) is 38.7 Å². The number of hydrogen-bond acceptors (Lipinski definition) is 3. The van der Waals surface area contributed by atoms with Gasteiger partial charge in [-0.15, -0.1) is 0 Å². The van der Waals surface area contributed by atoms with Crippen LogP contribution in [0.1, 0.15) is 5.56 Å². The van der Waals surface area contributed by atoms with Gasteiger partial charge < -0.3 is 4.74 Å². The molecule has 7 heteroatoms. The summed E-state index contributed by atoms with van der Waals surface area (Å²) in [5.74, 6) is 0.357. The highest BCUT2D eigenvalue weighted by Gasteiger charge is 2.31. The Hall–Kier alpha value is -2.30. The molecule has 2 rings (SSSR count). The summed E-state index contributed by atoms with van der Waals surface area (Å²) in [7, 11) is 0. The number of ether oxygens (including phenoxy) is 1. The molecule has 0 saturated carbocycles. The van der Waals surface area contributed by atoms with Gasteiger partial charge in [0.25, 0.3) is 0 Å². The van der Waals surface area contributed by atoms with Crippen LogP contribution >= 0.6 is 11.6 Å². The second-order valence-electron chi connectivity index (χ2n) is 3.94. The number of nitrogens with zero attached hydrogens (tertiary/aromatic N) is 1. The molecule has 0 aliphatic heterocycles. The molecule has 0 aromatic heterocycles. The minimum atomic E-state index is -4.54. The summed E-state index contributed by atoms with van der Waals surface area (Å²) in [5, 5.41) is 0.487. The lowest BCUT2D eigenvalue weighted by Crippen LogP contribution is -2.04. The Morgan fingerprint density at radius 2 is 1.76 bits per heavy atom. The first-order valence-electron chi connectivity index (χ1n) is 5.62. The second kappa shape index (κ2) is 5.99. The van der Waals surface area contributed by atoms with E-state index in [1.807, 2.05) is 0 Å². The molecule has 21 heavy (non-hydrogen) atoms. The maximum absolute atomic E-state index is 12.6. The van der Waals surface area contributed by atoms with Gasteiger partial charge in [-0.1, -0.05) is 11.6 Å². The van der Waals surface area contributed by atoms with Crippen molar-refractivity contribution in [3.63, 3.8) is 0 Å². The lowest BCUT2D eigenvalue weighted by atomic mass is 10.2. The van der Waals surface area contributed by atoms with E-state index >= 15 is 0 Å². The highest BCUT2D eigenvalue weighted by atomic mass is 35.5. The average molecular weight is 314 g/mol. The number of carbonyl (C=O) groups excluding carboxylic acids is 1. The predicted octanol–water partition coefficient (Wildman–Crippen LogP) is 5.12. The van der Waals surface area contributed by atoms with Gasteiger partial charge in [0, 0.05) is 5.02 Å². The van der Waals surface area contributed by atoms with Gasteiger partial charge in [0.15, 0.2) is 5.75 Å². The smallest absolute Gasteiger partial charge is 0.416 e. The normalized spacial score (nSPS) is 10.9. The van der Waals surface area contributed by atoms with Gasteiger partial charge in [0.1, 0.15) is 11.4 Å². The Balaban J connectivity index is 2.39. The summed E-state index contributed by atoms with van der Waals surface area (Å²) in [6.45, 7) is 0. The van der Waals surface area contributed by atoms with Crippen LogP contribution in [-0.2, 0) is 11.0 Å². The molecule has 2 aromatic carbocycles. The summed E-state index contributed by atoms with van der Waals surface area (Å²) in [6, 6.07) is 8.84. The summed E-state index contributed by atoms with van der Waals surface area (Å²) in [4.78, 5) is 13.6. The zero-order chi connectivity index (χ0) is 15.5. The standard InChI is InChI=1S/C14H7ClF3NO2/c15-10-2-4-11(5-3-10)21-13-6-1-9(14(16,17)18)7-12(13)19-8-20/h1-7H. The maximum Gasteiger partial charge on any atom is 0.416 e. The van der Waals surface area contributed by atoms with Crippen molar-refractivity contribution < 1.29 is 22.7 Å². The number of alkyl halides is 3. The molecule has 0 N–H and O–H groups in total. The SMILES string of the molecule is O=C=Nc1cc(C(F)(F)F)ccc1Oc1ccc(Cl)cc1. The van der Waals surface area contributed by atoms with Gasteiger partial charge in [-0.05, 0) is 42.5 Å². The van der Waals surface area contributed by atoms with Gasteiger partial charge >= 0.3 is 6.18 Å². The quantitative estimate of drug-likeness (QED) is 0.583. The van der Waals surface area contributed by atoms with Crippen molar-refractivity contribution in [2.24, 2.45) is 4.99 Å². The minimum Gasteiger partial charge on any atom is -0.455 e. The largest absolute Gasteiger partial charge is 0.455 e. The third-order valence-corrected chi connectivity index (χ3v) is 2.75. The van der Waals surface area contributed by atoms with E-state index in [9.17, 15) is 18.0 Å². The molecule has 3 nitrogen and oxygen atoms in total. The number of aliphatic imine (C=N–C) groups is 1. The number of benzene rings is 2. The number of hydrogen-bond donors (Lipinski definition) is 0. The van der Waals surface area contributed by atoms with Crippen LogP contribution in [0.15, 0.2) is 47.5 Å². The summed E-state index contributed by atoms with van der Waals surface area (Å²) in [6.07, 6.45) is -3.33. The van der Waals surface area contributed by atoms with E-state index in [1.165, 1.54) is 18.2 Å². The molecule has 2 aromatic rings. The molecule has 0 bridgehead atoms. The van der Waals surface area contributed by atoms with E-state index < -0.39 is 11.7 Å². The first kappa shape index (κ1) is 15.1. The van der Waals surface area contributed by atoms with Crippen LogP contribution in [0, 0.1) is 0 Å². The minimum absolute atomic E-state index is 0.00803. The molecule has 0 aliphatic rings. The Kier molecular flexibility index (Phi) is 4.31. The predicted molar refractivity (Wildman–Crippen MR) is 70.8 cm³/mol. The van der Waals surface area contributed by atoms with Crippen molar-refractivity contribution in [2.45, 2.75) is 6.18 Å². The highest BCUT2D eigenvalue weighted by Crippen LogP contribution is 2.38. The van der Waals surface area contributed by atoms with Crippen LogP contribution in [0.3, 0.4) is 0 Å². The number of isocyanates is 1. The van der Waals surface area contributed by atoms with Crippen molar-refractivity contribution in [2.75, 3.05) is 0 Å². The zero-order valence-electron chi connectivity index (χ0n) is 10.3. The highest BCUT2D eigenvalue weighted by molar-refractivity contribution is 6.30. The molecule has 0 saturated heterocycles. The molecule has 0 amide bonds. The summed E-state index contributed by atoms with van der Waals surface area (Å²) >= 11 is 5.72. The Labute approximate surface area is 122 Å². The second-order valence-corrected chi connectivity index (χ2v) is 4.38. The van der Waals surface area contributed by atoms with Crippen LogP contribution < -0.4 is 4.74 Å². The van der Waals surface area contributed by atoms with E-state index in [0.29, 0.717) is 10.8 Å². The molecule has 0 aliphatic carbocycles. The number of rotatable bonds is 3. The third-order valence-electron chi connectivity index (χ3n) is 2.49. The molecule has 0 fully saturated rings. The fourth-order valence-electron chi connectivity index (χ4n) is 1.55. The molecular formula is C14H7ClF3NO2. The average Bonchev–Trinajstić information content (AvgIpc) is 2.42. The lowest BCUT2D eigenvalue weighted by Gasteiger charge is -2.11. The van der Waals surface area contributed by atoms with Crippen LogP contribution in [-0.4, -0.2) is 6.08 Å². The third kappa shape index (κ3) is 3.84. The van der Waals surface area contributed by atoms with Crippen molar-refractivity contribution in [1.29, 1.82) is 0 Å². The van der Waals surface area contributed by atoms with Crippen molar-refractivity contribution >= 4 is 23.4 Å². The molecular weight excluding hydrogens is 307 g/mol. The fourth-order valence-corrected chi connectivity index (χ4v) is 1.67. The zero-order valence-corrected chi connectivity index (χ0v) is 11.1. The van der Waals surface area contributed by atoms with Gasteiger partial charge in [-0.25, -0.2) is 4.79 Å². The molecule has 0 heterocycles. The van der Waals surface area contributed by atoms with E-state index in [0.717, 1.165) is 18.2 Å². The van der Waals surface area contributed by atoms with Crippen LogP contribution in [0.4, 0.5) is 18.9 Å². The van der Waals surface area contributed by atoms with Crippen LogP contribution in [0.25, 0.3) is 0 Å². The van der Waals surface area contributed by atoms with E-state index in [2.05, 4.69) is 4.99 Å². The van der Waals surface area contributed by atoms with Crippen LogP contribution in [0.5, 0.6) is 11.5 Å². The van der Waals surface area contributed by atoms with Crippen molar-refractivity contribution in [3.05, 3.63) is 53.1 Å². The van der Waals surface area contributed by atoms with Gasteiger partial charge in [-0.3, -0.25) is 0 Å². The molecule has 0 radical (unpaired) electrons. The Morgan fingerprint density at radius 1 is 1.10 bits per heavy atom. The fraction of sp³-hybridized carbons (Fsp3) is 0.0714. The van der Waals surface area contributed by atoms with Crippen LogP contribution in [0.2, 0.25) is 5.02 Å². The molecule has 0 unspecified atom stereocenters. The van der Waals surface area contributed by atoms with Gasteiger partial charge in [0.2, 0.25) is 6.08 Å². The van der Waals surface area contributed by atoms with E-state index in [1.54, 1.807) is 12.1 Å². The first-order chi connectivity index (χ1) is 9.90. The van der Waals surface area contributed by atoms with E-state index in [4.69, 9.17) is 16.3 Å². The van der Waals surface area contributed by atoms with Gasteiger partial charge in [0.05, 0.1) is 5.56 Å². The summed E-state index contributed by atoms with van der Waals surface area (Å²) in [5.41, 5.74) is -1.19. The maximum atomic E-state index is 12.6. The molecule has 108 valence electrons. The Morgan fingerprint density at radius 3 is 2.33 bits per heavy atom. The monoisotopic (exact) mass is 313 g/mol. The summed E-state index contributed by atoms with van der Waals surface area (Å²) < 4.78 is 43.2. The number of halogens is 4. The van der Waals surface area contributed by atoms with E-state index in [-0.39, 0.29) is 11.4 Å². The Bertz CT molecular complexity index is 692. The van der Waals surface area contributed by atoms with Gasteiger partial charge in [-0.2, -0.15) is 18.2 Å².